The Kier molecular flexibility index (Phi) is 10.4. The highest BCUT2D eigenvalue weighted by atomic mass is 35.5. The predicted octanol–water partition coefficient (Wildman–Crippen LogP) is 5.06. The van der Waals surface area contributed by atoms with Crippen LogP contribution in [0.1, 0.15) is 63.0 Å². The van der Waals surface area contributed by atoms with Gasteiger partial charge in [0.15, 0.2) is 0 Å². The van der Waals surface area contributed by atoms with Crippen LogP contribution in [0.3, 0.4) is 0 Å². The largest absolute Gasteiger partial charge is 0.352 e. The highest BCUT2D eigenvalue weighted by Gasteiger charge is 2.28. The first-order chi connectivity index (χ1) is 17.6. The van der Waals surface area contributed by atoms with Crippen molar-refractivity contribution in [3.63, 3.8) is 0 Å². The number of halogens is 1. The molecule has 0 heterocycles. The smallest absolute Gasteiger partial charge is 0.242 e. The highest BCUT2D eigenvalue weighted by Crippen LogP contribution is 2.23. The number of nitrogens with one attached hydrogen (secondary N) is 1. The number of nitrogens with zero attached hydrogens (tertiary/aromatic N) is 2. The Morgan fingerprint density at radius 3 is 2.43 bits per heavy atom. The van der Waals surface area contributed by atoms with Gasteiger partial charge in [-0.15, -0.1) is 0 Å². The van der Waals surface area contributed by atoms with E-state index in [0.717, 1.165) is 36.8 Å². The van der Waals surface area contributed by atoms with Crippen molar-refractivity contribution in [1.82, 2.24) is 10.2 Å². The second kappa shape index (κ2) is 13.3. The van der Waals surface area contributed by atoms with Crippen molar-refractivity contribution in [2.24, 2.45) is 0 Å². The molecule has 1 N–H and O–H groups in total. The highest BCUT2D eigenvalue weighted by molar-refractivity contribution is 7.92. The van der Waals surface area contributed by atoms with Crippen molar-refractivity contribution in [2.45, 2.75) is 77.4 Å². The molecule has 2 aromatic rings. The van der Waals surface area contributed by atoms with Gasteiger partial charge in [0, 0.05) is 30.6 Å². The van der Waals surface area contributed by atoms with Gasteiger partial charge in [-0.1, -0.05) is 61.2 Å². The van der Waals surface area contributed by atoms with Crippen molar-refractivity contribution in [1.29, 1.82) is 0 Å². The van der Waals surface area contributed by atoms with E-state index < -0.39 is 16.1 Å². The van der Waals surface area contributed by atoms with Gasteiger partial charge >= 0.3 is 0 Å². The SMILES string of the molecule is Cc1ccccc1N(CCCC(=O)N(Cc1cccc(Cl)c1)[C@H](C)C(=O)NC1CCCCC1)S(C)(=O)=O. The van der Waals surface area contributed by atoms with Crippen molar-refractivity contribution < 1.29 is 18.0 Å². The number of carbonyl (C=O) groups is 2. The van der Waals surface area contributed by atoms with Gasteiger partial charge < -0.3 is 10.2 Å². The normalized spacial score (nSPS) is 15.1. The number of aryl methyl sites for hydroxylation is 1. The van der Waals surface area contributed by atoms with Crippen molar-refractivity contribution in [2.75, 3.05) is 17.1 Å². The summed E-state index contributed by atoms with van der Waals surface area (Å²) in [6.45, 7) is 4.02. The van der Waals surface area contributed by atoms with Gasteiger partial charge in [-0.25, -0.2) is 8.42 Å². The van der Waals surface area contributed by atoms with Crippen LogP contribution in [0, 0.1) is 6.92 Å². The Hall–Kier alpha value is -2.58. The molecule has 0 aliphatic heterocycles. The lowest BCUT2D eigenvalue weighted by Crippen LogP contribution is -2.50. The molecular weight excluding hydrogens is 510 g/mol. The van der Waals surface area contributed by atoms with E-state index in [9.17, 15) is 18.0 Å². The summed E-state index contributed by atoms with van der Waals surface area (Å²) in [5, 5.41) is 3.69. The molecule has 0 spiro atoms. The van der Waals surface area contributed by atoms with Crippen LogP contribution >= 0.6 is 11.6 Å². The van der Waals surface area contributed by atoms with E-state index in [-0.39, 0.29) is 37.4 Å². The molecule has 1 atom stereocenters. The number of sulfonamides is 1. The fraction of sp³-hybridized carbons (Fsp3) is 0.500. The molecule has 37 heavy (non-hydrogen) atoms. The average Bonchev–Trinajstić information content (AvgIpc) is 2.85. The Labute approximate surface area is 226 Å². The van der Waals surface area contributed by atoms with E-state index in [1.165, 1.54) is 17.0 Å². The van der Waals surface area contributed by atoms with E-state index >= 15 is 0 Å². The molecule has 0 unspecified atom stereocenters. The molecule has 1 fully saturated rings. The summed E-state index contributed by atoms with van der Waals surface area (Å²) < 4.78 is 26.4. The maximum Gasteiger partial charge on any atom is 0.242 e. The third-order valence-electron chi connectivity index (χ3n) is 6.90. The second-order valence-electron chi connectivity index (χ2n) is 9.90. The number of hydrogen-bond donors (Lipinski definition) is 1. The number of anilines is 1. The molecule has 2 amide bonds. The maximum atomic E-state index is 13.5. The summed E-state index contributed by atoms with van der Waals surface area (Å²) in [4.78, 5) is 28.2. The summed E-state index contributed by atoms with van der Waals surface area (Å²) in [5.41, 5.74) is 2.28. The molecule has 202 valence electrons. The Bertz CT molecular complexity index is 1180. The molecule has 1 saturated carbocycles. The van der Waals surface area contributed by atoms with Gasteiger partial charge in [0.05, 0.1) is 11.9 Å². The zero-order chi connectivity index (χ0) is 27.0. The summed E-state index contributed by atoms with van der Waals surface area (Å²) in [6.07, 6.45) is 6.91. The molecule has 3 rings (SSSR count). The lowest BCUT2D eigenvalue weighted by molar-refractivity contribution is -0.141. The van der Waals surface area contributed by atoms with Crippen LogP contribution in [0.5, 0.6) is 0 Å². The van der Waals surface area contributed by atoms with Crippen LogP contribution in [0.25, 0.3) is 0 Å². The van der Waals surface area contributed by atoms with E-state index in [1.54, 1.807) is 36.1 Å². The minimum atomic E-state index is -3.53. The van der Waals surface area contributed by atoms with Gasteiger partial charge in [-0.05, 0) is 62.4 Å². The fourth-order valence-electron chi connectivity index (χ4n) is 4.81. The molecule has 9 heteroatoms. The monoisotopic (exact) mass is 547 g/mol. The predicted molar refractivity (Wildman–Crippen MR) is 149 cm³/mol. The number of benzene rings is 2. The number of rotatable bonds is 11. The van der Waals surface area contributed by atoms with E-state index in [1.807, 2.05) is 31.2 Å². The summed E-state index contributed by atoms with van der Waals surface area (Å²) in [5.74, 6) is -0.371. The van der Waals surface area contributed by atoms with Crippen molar-refractivity contribution >= 4 is 39.1 Å². The molecule has 1 aliphatic carbocycles. The maximum absolute atomic E-state index is 13.5. The molecular formula is C28H38ClN3O4S. The topological polar surface area (TPSA) is 86.8 Å². The van der Waals surface area contributed by atoms with Crippen LogP contribution in [0.2, 0.25) is 5.02 Å². The first-order valence-electron chi connectivity index (χ1n) is 12.9. The number of para-hydroxylation sites is 1. The van der Waals surface area contributed by atoms with Crippen molar-refractivity contribution in [3.05, 3.63) is 64.7 Å². The second-order valence-corrected chi connectivity index (χ2v) is 12.2. The third kappa shape index (κ3) is 8.47. The Balaban J connectivity index is 1.72. The summed E-state index contributed by atoms with van der Waals surface area (Å²) in [7, 11) is -3.53. The number of hydrogen-bond acceptors (Lipinski definition) is 4. The van der Waals surface area contributed by atoms with Crippen molar-refractivity contribution in [3.8, 4) is 0 Å². The minimum Gasteiger partial charge on any atom is -0.352 e. The van der Waals surface area contributed by atoms with Gasteiger partial charge in [-0.2, -0.15) is 0 Å². The fourth-order valence-corrected chi connectivity index (χ4v) is 6.04. The summed E-state index contributed by atoms with van der Waals surface area (Å²) >= 11 is 6.17. The van der Waals surface area contributed by atoms with Crippen LogP contribution in [0.4, 0.5) is 5.69 Å². The van der Waals surface area contributed by atoms with Gasteiger partial charge in [0.25, 0.3) is 0 Å². The molecule has 0 radical (unpaired) electrons. The first-order valence-corrected chi connectivity index (χ1v) is 15.2. The standard InChI is InChI=1S/C28H38ClN3O4S/c1-21-11-7-8-16-26(21)32(37(3,35)36)18-10-17-27(33)31(20-23-12-9-13-24(29)19-23)22(2)28(34)30-25-14-5-4-6-15-25/h7-9,11-13,16,19,22,25H,4-6,10,14-15,17-18,20H2,1-3H3,(H,30,34)/t22-/m1/s1. The Morgan fingerprint density at radius 2 is 1.78 bits per heavy atom. The number of carbonyl (C=O) groups excluding carboxylic acids is 2. The van der Waals surface area contributed by atoms with Crippen LogP contribution in [-0.2, 0) is 26.2 Å². The van der Waals surface area contributed by atoms with E-state index in [2.05, 4.69) is 5.32 Å². The lowest BCUT2D eigenvalue weighted by atomic mass is 9.95. The van der Waals surface area contributed by atoms with Crippen LogP contribution in [-0.4, -0.2) is 50.0 Å². The van der Waals surface area contributed by atoms with Gasteiger partial charge in [-0.3, -0.25) is 13.9 Å². The molecule has 2 aromatic carbocycles. The molecule has 0 aromatic heterocycles. The average molecular weight is 548 g/mol. The Morgan fingerprint density at radius 1 is 1.08 bits per heavy atom. The zero-order valence-corrected chi connectivity index (χ0v) is 23.5. The van der Waals surface area contributed by atoms with Gasteiger partial charge in [0.2, 0.25) is 21.8 Å². The minimum absolute atomic E-state index is 0.111. The summed E-state index contributed by atoms with van der Waals surface area (Å²) in [6, 6.07) is 14.0. The van der Waals surface area contributed by atoms with Gasteiger partial charge in [0.1, 0.15) is 6.04 Å². The number of amides is 2. The molecule has 0 bridgehead atoms. The quantitative estimate of drug-likeness (QED) is 0.426. The lowest BCUT2D eigenvalue weighted by Gasteiger charge is -2.31. The molecule has 7 nitrogen and oxygen atoms in total. The first kappa shape index (κ1) is 29.0. The van der Waals surface area contributed by atoms with Crippen LogP contribution < -0.4 is 9.62 Å². The van der Waals surface area contributed by atoms with E-state index in [4.69, 9.17) is 11.6 Å². The molecule has 1 aliphatic rings. The van der Waals surface area contributed by atoms with E-state index in [0.29, 0.717) is 17.1 Å². The zero-order valence-electron chi connectivity index (χ0n) is 22.0. The third-order valence-corrected chi connectivity index (χ3v) is 8.31. The molecule has 0 saturated heterocycles. The van der Waals surface area contributed by atoms with Crippen LogP contribution in [0.15, 0.2) is 48.5 Å².